The van der Waals surface area contributed by atoms with Crippen LogP contribution in [0.3, 0.4) is 0 Å². The number of hydrogen-bond donors (Lipinski definition) is 1. The van der Waals surface area contributed by atoms with Crippen LogP contribution in [0.2, 0.25) is 0 Å². The van der Waals surface area contributed by atoms with E-state index in [0.29, 0.717) is 17.5 Å². The smallest absolute Gasteiger partial charge is 0.179 e. The molecular formula is C13H19BrN2O2S. The molecule has 0 aromatic heterocycles. The number of nitrogens with zero attached hydrogens (tertiary/aromatic N) is 1. The van der Waals surface area contributed by atoms with Crippen molar-refractivity contribution in [3.05, 3.63) is 28.7 Å². The van der Waals surface area contributed by atoms with Gasteiger partial charge in [-0.15, -0.1) is 0 Å². The quantitative estimate of drug-likeness (QED) is 0.897. The predicted octanol–water partition coefficient (Wildman–Crippen LogP) is 1.52. The average Bonchev–Trinajstić information content (AvgIpc) is 2.38. The number of nitrogens with one attached hydrogen (secondary N) is 1. The van der Waals surface area contributed by atoms with Crippen LogP contribution in [-0.2, 0) is 9.84 Å². The molecule has 1 saturated heterocycles. The first kappa shape index (κ1) is 15.0. The van der Waals surface area contributed by atoms with Crippen molar-refractivity contribution in [3.8, 4) is 0 Å². The highest BCUT2D eigenvalue weighted by atomic mass is 79.9. The van der Waals surface area contributed by atoms with Crippen molar-refractivity contribution in [1.82, 2.24) is 10.2 Å². The Morgan fingerprint density at radius 2 is 2.26 bits per heavy atom. The molecule has 1 atom stereocenters. The monoisotopic (exact) mass is 346 g/mol. The molecule has 1 fully saturated rings. The minimum absolute atomic E-state index is 0.174. The lowest BCUT2D eigenvalue weighted by atomic mass is 10.2. The van der Waals surface area contributed by atoms with Gasteiger partial charge in [-0.2, -0.15) is 0 Å². The van der Waals surface area contributed by atoms with Gasteiger partial charge >= 0.3 is 0 Å². The number of halogens is 1. The Morgan fingerprint density at radius 1 is 1.47 bits per heavy atom. The highest BCUT2D eigenvalue weighted by molar-refractivity contribution is 9.10. The van der Waals surface area contributed by atoms with Crippen molar-refractivity contribution in [2.45, 2.75) is 17.9 Å². The fourth-order valence-corrected chi connectivity index (χ4v) is 4.08. The third-order valence-corrected chi connectivity index (χ3v) is 5.63. The second-order valence-corrected chi connectivity index (χ2v) is 7.89. The van der Waals surface area contributed by atoms with Crippen molar-refractivity contribution in [1.29, 1.82) is 0 Å². The summed E-state index contributed by atoms with van der Waals surface area (Å²) in [5, 5.41) is 3.30. The van der Waals surface area contributed by atoms with Gasteiger partial charge in [0.25, 0.3) is 0 Å². The summed E-state index contributed by atoms with van der Waals surface area (Å²) in [6, 6.07) is 7.30. The van der Waals surface area contributed by atoms with Crippen molar-refractivity contribution in [3.63, 3.8) is 0 Å². The Balaban J connectivity index is 2.01. The summed E-state index contributed by atoms with van der Waals surface area (Å²) < 4.78 is 25.3. The molecule has 1 N–H and O–H groups in total. The highest BCUT2D eigenvalue weighted by Crippen LogP contribution is 2.17. The van der Waals surface area contributed by atoms with Crippen LogP contribution in [0, 0.1) is 0 Å². The van der Waals surface area contributed by atoms with Crippen molar-refractivity contribution in [2.75, 3.05) is 31.9 Å². The molecule has 19 heavy (non-hydrogen) atoms. The van der Waals surface area contributed by atoms with Crippen LogP contribution in [0.4, 0.5) is 0 Å². The minimum atomic E-state index is -3.20. The van der Waals surface area contributed by atoms with E-state index < -0.39 is 9.84 Å². The first-order valence-corrected chi connectivity index (χ1v) is 8.87. The van der Waals surface area contributed by atoms with Crippen LogP contribution in [0.1, 0.15) is 6.92 Å². The van der Waals surface area contributed by atoms with E-state index in [1.807, 2.05) is 6.07 Å². The zero-order valence-electron chi connectivity index (χ0n) is 11.0. The summed E-state index contributed by atoms with van der Waals surface area (Å²) in [7, 11) is -3.20. The Labute approximate surface area is 123 Å². The average molecular weight is 347 g/mol. The lowest BCUT2D eigenvalue weighted by Crippen LogP contribution is -2.50. The molecular weight excluding hydrogens is 328 g/mol. The fourth-order valence-electron chi connectivity index (χ4n) is 2.23. The lowest BCUT2D eigenvalue weighted by Gasteiger charge is -2.33. The van der Waals surface area contributed by atoms with Crippen LogP contribution >= 0.6 is 15.9 Å². The number of piperazine rings is 1. The molecule has 0 bridgehead atoms. The first-order valence-electron chi connectivity index (χ1n) is 6.42. The van der Waals surface area contributed by atoms with Crippen LogP contribution in [0.5, 0.6) is 0 Å². The maximum Gasteiger partial charge on any atom is 0.179 e. The maximum absolute atomic E-state index is 12.3. The second kappa shape index (κ2) is 6.35. The third kappa shape index (κ3) is 4.02. The van der Waals surface area contributed by atoms with Gasteiger partial charge in [-0.3, -0.25) is 4.90 Å². The second-order valence-electron chi connectivity index (χ2n) is 4.87. The third-order valence-electron chi connectivity index (χ3n) is 3.44. The van der Waals surface area contributed by atoms with Crippen molar-refractivity contribution < 1.29 is 8.42 Å². The molecule has 106 valence electrons. The summed E-state index contributed by atoms with van der Waals surface area (Å²) in [4.78, 5) is 2.62. The fraction of sp³-hybridized carbons (Fsp3) is 0.538. The molecule has 0 aliphatic carbocycles. The summed E-state index contributed by atoms with van der Waals surface area (Å²) >= 11 is 3.31. The van der Waals surface area contributed by atoms with E-state index in [0.717, 1.165) is 24.1 Å². The molecule has 1 aliphatic rings. The molecule has 6 heteroatoms. The first-order chi connectivity index (χ1) is 8.99. The van der Waals surface area contributed by atoms with E-state index in [1.54, 1.807) is 18.2 Å². The molecule has 2 rings (SSSR count). The van der Waals surface area contributed by atoms with Gasteiger partial charge in [-0.1, -0.05) is 22.0 Å². The summed E-state index contributed by atoms with van der Waals surface area (Å²) in [5.74, 6) is 0.174. The van der Waals surface area contributed by atoms with Gasteiger partial charge in [0.2, 0.25) is 0 Å². The standard InChI is InChI=1S/C13H19BrN2O2S/c1-11-10-15-5-6-16(11)7-8-19(17,18)13-4-2-3-12(14)9-13/h2-4,9,11,15H,5-8,10H2,1H3/t11-/m1/s1. The number of hydrogen-bond acceptors (Lipinski definition) is 4. The molecule has 0 unspecified atom stereocenters. The molecule has 0 radical (unpaired) electrons. The van der Waals surface area contributed by atoms with Gasteiger partial charge in [0, 0.05) is 36.7 Å². The molecule has 1 aliphatic heterocycles. The van der Waals surface area contributed by atoms with E-state index >= 15 is 0 Å². The molecule has 1 heterocycles. The largest absolute Gasteiger partial charge is 0.314 e. The van der Waals surface area contributed by atoms with Crippen LogP contribution < -0.4 is 5.32 Å². The highest BCUT2D eigenvalue weighted by Gasteiger charge is 2.21. The van der Waals surface area contributed by atoms with Crippen LogP contribution in [0.15, 0.2) is 33.6 Å². The van der Waals surface area contributed by atoms with E-state index in [2.05, 4.69) is 33.1 Å². The summed E-state index contributed by atoms with van der Waals surface area (Å²) in [6.07, 6.45) is 0. The molecule has 0 saturated carbocycles. The Bertz CT molecular complexity index is 533. The SMILES string of the molecule is C[C@@H]1CNCCN1CCS(=O)(=O)c1cccc(Br)c1. The Morgan fingerprint density at radius 3 is 2.95 bits per heavy atom. The zero-order valence-corrected chi connectivity index (χ0v) is 13.4. The van der Waals surface area contributed by atoms with Gasteiger partial charge in [-0.25, -0.2) is 8.42 Å². The van der Waals surface area contributed by atoms with Crippen LogP contribution in [0.25, 0.3) is 0 Å². The molecule has 1 aromatic rings. The summed E-state index contributed by atoms with van der Waals surface area (Å²) in [5.41, 5.74) is 0. The Kier molecular flexibility index (Phi) is 5.00. The maximum atomic E-state index is 12.3. The number of sulfone groups is 1. The van der Waals surface area contributed by atoms with Crippen molar-refractivity contribution in [2.24, 2.45) is 0 Å². The van der Waals surface area contributed by atoms with E-state index in [-0.39, 0.29) is 5.75 Å². The predicted molar refractivity (Wildman–Crippen MR) is 80.1 cm³/mol. The summed E-state index contributed by atoms with van der Waals surface area (Å²) in [6.45, 7) is 5.49. The van der Waals surface area contributed by atoms with E-state index in [9.17, 15) is 8.42 Å². The molecule has 4 nitrogen and oxygen atoms in total. The van der Waals surface area contributed by atoms with Gasteiger partial charge < -0.3 is 5.32 Å². The Hall–Kier alpha value is -0.430. The lowest BCUT2D eigenvalue weighted by molar-refractivity contribution is 0.184. The van der Waals surface area contributed by atoms with Gasteiger partial charge in [-0.05, 0) is 25.1 Å². The van der Waals surface area contributed by atoms with Gasteiger partial charge in [0.05, 0.1) is 10.6 Å². The van der Waals surface area contributed by atoms with Crippen LogP contribution in [-0.4, -0.2) is 51.3 Å². The topological polar surface area (TPSA) is 49.4 Å². The number of benzene rings is 1. The van der Waals surface area contributed by atoms with E-state index in [1.165, 1.54) is 0 Å². The van der Waals surface area contributed by atoms with Gasteiger partial charge in [0.15, 0.2) is 9.84 Å². The molecule has 1 aromatic carbocycles. The van der Waals surface area contributed by atoms with E-state index in [4.69, 9.17) is 0 Å². The minimum Gasteiger partial charge on any atom is -0.314 e. The number of rotatable bonds is 4. The normalized spacial score (nSPS) is 21.5. The van der Waals surface area contributed by atoms with Crippen molar-refractivity contribution >= 4 is 25.8 Å². The van der Waals surface area contributed by atoms with Gasteiger partial charge in [0.1, 0.15) is 0 Å². The zero-order chi connectivity index (χ0) is 13.9. The molecule has 0 amide bonds. The molecule has 0 spiro atoms.